The highest BCUT2D eigenvalue weighted by Gasteiger charge is 2.21. The zero-order chi connectivity index (χ0) is 16.5. The molecule has 0 spiro atoms. The number of carboxylic acid groups (broad SMARTS) is 1. The van der Waals surface area contributed by atoms with Gasteiger partial charge in [0, 0.05) is 13.1 Å². The maximum absolute atomic E-state index is 11.5. The number of Topliss-reactive ketones (excluding diaryl/α,β-unsaturated/α-hetero) is 1. The highest BCUT2D eigenvalue weighted by atomic mass is 16.4. The van der Waals surface area contributed by atoms with Crippen LogP contribution in [0.4, 0.5) is 0 Å². The molecule has 6 nitrogen and oxygen atoms in total. The van der Waals surface area contributed by atoms with Crippen LogP contribution in [0.5, 0.6) is 0 Å². The molecule has 0 bridgehead atoms. The van der Waals surface area contributed by atoms with E-state index in [4.69, 9.17) is 5.11 Å². The molecule has 0 aliphatic rings. The molecule has 0 aromatic heterocycles. The monoisotopic (exact) mass is 306 g/mol. The second-order valence-corrected chi connectivity index (χ2v) is 5.18. The number of rotatable bonds is 8. The van der Waals surface area contributed by atoms with Gasteiger partial charge in [0.2, 0.25) is 0 Å². The highest BCUT2D eigenvalue weighted by molar-refractivity contribution is 6.31. The average Bonchev–Trinajstić information content (AvgIpc) is 2.47. The van der Waals surface area contributed by atoms with Crippen LogP contribution in [0.2, 0.25) is 0 Å². The van der Waals surface area contributed by atoms with Gasteiger partial charge in [-0.3, -0.25) is 9.59 Å². The summed E-state index contributed by atoms with van der Waals surface area (Å²) >= 11 is 0. The molecule has 0 radical (unpaired) electrons. The van der Waals surface area contributed by atoms with E-state index in [0.717, 1.165) is 23.4 Å². The minimum atomic E-state index is -1.53. The van der Waals surface area contributed by atoms with Crippen molar-refractivity contribution in [2.45, 2.75) is 26.3 Å². The fourth-order valence-corrected chi connectivity index (χ4v) is 2.16. The van der Waals surface area contributed by atoms with Gasteiger partial charge in [-0.1, -0.05) is 24.3 Å². The lowest BCUT2D eigenvalue weighted by atomic mass is 10.1. The van der Waals surface area contributed by atoms with Gasteiger partial charge in [-0.2, -0.15) is 0 Å². The largest absolute Gasteiger partial charge is 0.474 e. The van der Waals surface area contributed by atoms with Gasteiger partial charge in [-0.15, -0.1) is 0 Å². The molecular weight excluding hydrogens is 284 g/mol. The van der Waals surface area contributed by atoms with Gasteiger partial charge >= 0.3 is 11.9 Å². The average molecular weight is 306 g/mol. The molecule has 0 atom stereocenters. The van der Waals surface area contributed by atoms with Gasteiger partial charge in [0.15, 0.2) is 0 Å². The number of hydrogen-bond donors (Lipinski definition) is 2. The normalized spacial score (nSPS) is 10.3. The first kappa shape index (κ1) is 17.8. The maximum atomic E-state index is 11.5. The molecule has 1 amide bonds. The van der Waals surface area contributed by atoms with E-state index in [2.05, 4.69) is 5.32 Å². The molecule has 0 saturated carbocycles. The van der Waals surface area contributed by atoms with E-state index in [0.29, 0.717) is 6.42 Å². The standard InChI is InChI=1S/C16H22N2O4/c1-12(19)11-18(15(20)16(21)22)9-3-4-13-5-7-14(8-6-13)10-17-2/h5-8,17H,3-4,9-11H2,1-2H3,(H,21,22). The molecule has 1 aromatic rings. The fraction of sp³-hybridized carbons (Fsp3) is 0.438. The van der Waals surface area contributed by atoms with Gasteiger partial charge in [-0.05, 0) is 37.9 Å². The van der Waals surface area contributed by atoms with Crippen LogP contribution in [-0.2, 0) is 27.3 Å². The molecule has 0 aliphatic carbocycles. The Labute approximate surface area is 130 Å². The van der Waals surface area contributed by atoms with Crippen molar-refractivity contribution < 1.29 is 19.5 Å². The number of carbonyl (C=O) groups excluding carboxylic acids is 2. The van der Waals surface area contributed by atoms with E-state index in [1.54, 1.807) is 0 Å². The third kappa shape index (κ3) is 6.05. The maximum Gasteiger partial charge on any atom is 0.394 e. The second-order valence-electron chi connectivity index (χ2n) is 5.18. The molecule has 22 heavy (non-hydrogen) atoms. The van der Waals surface area contributed by atoms with Crippen molar-refractivity contribution in [2.24, 2.45) is 0 Å². The Balaban J connectivity index is 2.52. The summed E-state index contributed by atoms with van der Waals surface area (Å²) in [4.78, 5) is 34.5. The summed E-state index contributed by atoms with van der Waals surface area (Å²) in [6.07, 6.45) is 1.33. The third-order valence-electron chi connectivity index (χ3n) is 3.18. The Kier molecular flexibility index (Phi) is 7.25. The Bertz CT molecular complexity index is 525. The Morgan fingerprint density at radius 3 is 2.23 bits per heavy atom. The van der Waals surface area contributed by atoms with Gasteiger partial charge in [0.05, 0.1) is 6.54 Å². The van der Waals surface area contributed by atoms with Crippen LogP contribution in [0.15, 0.2) is 24.3 Å². The van der Waals surface area contributed by atoms with E-state index in [1.165, 1.54) is 12.5 Å². The minimum absolute atomic E-state index is 0.160. The molecule has 0 saturated heterocycles. The van der Waals surface area contributed by atoms with E-state index >= 15 is 0 Å². The first-order valence-corrected chi connectivity index (χ1v) is 7.18. The molecule has 0 unspecified atom stereocenters. The summed E-state index contributed by atoms with van der Waals surface area (Å²) < 4.78 is 0. The summed E-state index contributed by atoms with van der Waals surface area (Å²) in [7, 11) is 1.89. The summed E-state index contributed by atoms with van der Waals surface area (Å²) in [5.41, 5.74) is 2.30. The summed E-state index contributed by atoms with van der Waals surface area (Å²) in [6, 6.07) is 8.09. The van der Waals surface area contributed by atoms with Crippen molar-refractivity contribution in [1.82, 2.24) is 10.2 Å². The van der Waals surface area contributed by atoms with Crippen molar-refractivity contribution >= 4 is 17.7 Å². The first-order valence-electron chi connectivity index (χ1n) is 7.18. The number of aryl methyl sites for hydroxylation is 1. The first-order chi connectivity index (χ1) is 10.4. The molecule has 2 N–H and O–H groups in total. The highest BCUT2D eigenvalue weighted by Crippen LogP contribution is 2.07. The Morgan fingerprint density at radius 1 is 1.14 bits per heavy atom. The number of nitrogens with zero attached hydrogens (tertiary/aromatic N) is 1. The Morgan fingerprint density at radius 2 is 1.73 bits per heavy atom. The molecule has 1 rings (SSSR count). The molecule has 1 aromatic carbocycles. The van der Waals surface area contributed by atoms with Crippen molar-refractivity contribution in [3.05, 3.63) is 35.4 Å². The van der Waals surface area contributed by atoms with Crippen LogP contribution in [0.1, 0.15) is 24.5 Å². The van der Waals surface area contributed by atoms with Crippen molar-refractivity contribution in [1.29, 1.82) is 0 Å². The van der Waals surface area contributed by atoms with E-state index in [-0.39, 0.29) is 18.9 Å². The van der Waals surface area contributed by atoms with Gasteiger partial charge in [-0.25, -0.2) is 4.79 Å². The lowest BCUT2D eigenvalue weighted by Crippen LogP contribution is -2.40. The van der Waals surface area contributed by atoms with Gasteiger partial charge in [0.1, 0.15) is 5.78 Å². The molecule has 0 fully saturated rings. The predicted molar refractivity (Wildman–Crippen MR) is 82.4 cm³/mol. The molecule has 6 heteroatoms. The van der Waals surface area contributed by atoms with Crippen LogP contribution in [0.25, 0.3) is 0 Å². The SMILES string of the molecule is CNCc1ccc(CCCN(CC(C)=O)C(=O)C(=O)O)cc1. The number of carbonyl (C=O) groups is 3. The van der Waals surface area contributed by atoms with E-state index < -0.39 is 11.9 Å². The predicted octanol–water partition coefficient (Wildman–Crippen LogP) is 0.841. The number of aliphatic carboxylic acids is 1. The van der Waals surface area contributed by atoms with Gasteiger partial charge in [0.25, 0.3) is 0 Å². The number of benzene rings is 1. The number of hydrogen-bond acceptors (Lipinski definition) is 4. The molecule has 120 valence electrons. The van der Waals surface area contributed by atoms with Gasteiger partial charge < -0.3 is 15.3 Å². The van der Waals surface area contributed by atoms with Crippen molar-refractivity contribution in [3.63, 3.8) is 0 Å². The number of carboxylic acids is 1. The summed E-state index contributed by atoms with van der Waals surface area (Å²) in [5, 5.41) is 11.8. The molecule has 0 aliphatic heterocycles. The van der Waals surface area contributed by atoms with Crippen LogP contribution < -0.4 is 5.32 Å². The lowest BCUT2D eigenvalue weighted by molar-refractivity contribution is -0.156. The zero-order valence-electron chi connectivity index (χ0n) is 13.0. The summed E-state index contributed by atoms with van der Waals surface area (Å²) in [5.74, 6) is -2.79. The number of amides is 1. The van der Waals surface area contributed by atoms with Crippen LogP contribution in [0, 0.1) is 0 Å². The van der Waals surface area contributed by atoms with Crippen molar-refractivity contribution in [3.8, 4) is 0 Å². The molecular formula is C16H22N2O4. The van der Waals surface area contributed by atoms with E-state index in [1.807, 2.05) is 31.3 Å². The lowest BCUT2D eigenvalue weighted by Gasteiger charge is -2.19. The van der Waals surface area contributed by atoms with Crippen LogP contribution in [-0.4, -0.2) is 47.8 Å². The quantitative estimate of drug-likeness (QED) is 0.695. The van der Waals surface area contributed by atoms with E-state index in [9.17, 15) is 14.4 Å². The Hall–Kier alpha value is -2.21. The van der Waals surface area contributed by atoms with Crippen LogP contribution in [0.3, 0.4) is 0 Å². The molecule has 0 heterocycles. The van der Waals surface area contributed by atoms with Crippen LogP contribution >= 0.6 is 0 Å². The smallest absolute Gasteiger partial charge is 0.394 e. The second kappa shape index (κ2) is 8.94. The number of ketones is 1. The topological polar surface area (TPSA) is 86.7 Å². The zero-order valence-corrected chi connectivity index (χ0v) is 13.0. The number of nitrogens with one attached hydrogen (secondary N) is 1. The minimum Gasteiger partial charge on any atom is -0.474 e. The fourth-order valence-electron chi connectivity index (χ4n) is 2.16. The third-order valence-corrected chi connectivity index (χ3v) is 3.18. The summed E-state index contributed by atoms with van der Waals surface area (Å²) in [6.45, 7) is 2.23. The van der Waals surface area contributed by atoms with Crippen molar-refractivity contribution in [2.75, 3.05) is 20.1 Å².